The molecule has 3 rings (SSSR count). The number of carbonyl (C=O) groups is 3. The molecule has 0 aromatic heterocycles. The third kappa shape index (κ3) is 3.36. The molecule has 8 heteroatoms. The topological polar surface area (TPSA) is 66.5 Å². The van der Waals surface area contributed by atoms with Gasteiger partial charge in [0.05, 0.1) is 21.2 Å². The summed E-state index contributed by atoms with van der Waals surface area (Å²) in [6.45, 7) is -0.0938. The predicted molar refractivity (Wildman–Crippen MR) is 91.5 cm³/mol. The van der Waals surface area contributed by atoms with Gasteiger partial charge >= 0.3 is 0 Å². The number of nitrogens with zero attached hydrogens (tertiary/aromatic N) is 1. The first-order chi connectivity index (χ1) is 11.9. The highest BCUT2D eigenvalue weighted by Gasteiger charge is 2.37. The van der Waals surface area contributed by atoms with Crippen LogP contribution in [0, 0.1) is 5.82 Å². The Morgan fingerprint density at radius 1 is 1.08 bits per heavy atom. The van der Waals surface area contributed by atoms with Crippen LogP contribution in [-0.2, 0) is 4.79 Å². The van der Waals surface area contributed by atoms with E-state index in [1.807, 2.05) is 0 Å². The number of benzene rings is 2. The molecule has 1 aliphatic heterocycles. The summed E-state index contributed by atoms with van der Waals surface area (Å²) >= 11 is 11.6. The first-order valence-corrected chi connectivity index (χ1v) is 8.03. The van der Waals surface area contributed by atoms with Gasteiger partial charge in [-0.15, -0.1) is 0 Å². The number of carbonyl (C=O) groups excluding carboxylic acids is 3. The summed E-state index contributed by atoms with van der Waals surface area (Å²) in [4.78, 5) is 37.6. The molecule has 3 amide bonds. The normalized spacial score (nSPS) is 13.2. The Morgan fingerprint density at radius 3 is 2.52 bits per heavy atom. The number of imide groups is 1. The van der Waals surface area contributed by atoms with E-state index in [1.54, 1.807) is 6.07 Å². The smallest absolute Gasteiger partial charge is 0.263 e. The Hall–Kier alpha value is -2.44. The van der Waals surface area contributed by atoms with Gasteiger partial charge in [-0.05, 0) is 30.3 Å². The van der Waals surface area contributed by atoms with Crippen molar-refractivity contribution in [2.45, 2.75) is 6.42 Å². The highest BCUT2D eigenvalue weighted by atomic mass is 35.5. The summed E-state index contributed by atoms with van der Waals surface area (Å²) in [7, 11) is 0. The van der Waals surface area contributed by atoms with Crippen LogP contribution >= 0.6 is 23.2 Å². The van der Waals surface area contributed by atoms with Crippen molar-refractivity contribution >= 4 is 46.6 Å². The van der Waals surface area contributed by atoms with Crippen molar-refractivity contribution in [2.24, 2.45) is 0 Å². The molecule has 2 aromatic rings. The third-order valence-corrected chi connectivity index (χ3v) is 4.32. The Bertz CT molecular complexity index is 901. The van der Waals surface area contributed by atoms with Crippen molar-refractivity contribution in [3.63, 3.8) is 0 Å². The van der Waals surface area contributed by atoms with Gasteiger partial charge in [-0.25, -0.2) is 4.39 Å². The van der Waals surface area contributed by atoms with Gasteiger partial charge in [-0.2, -0.15) is 0 Å². The molecular formula is C17H11Cl2FN2O3. The highest BCUT2D eigenvalue weighted by Crippen LogP contribution is 2.29. The number of hydrogen-bond donors (Lipinski definition) is 1. The zero-order valence-corrected chi connectivity index (χ0v) is 14.2. The van der Waals surface area contributed by atoms with Crippen LogP contribution < -0.4 is 5.32 Å². The molecule has 0 unspecified atom stereocenters. The molecule has 0 bridgehead atoms. The summed E-state index contributed by atoms with van der Waals surface area (Å²) < 4.78 is 13.1. The Labute approximate surface area is 152 Å². The van der Waals surface area contributed by atoms with Gasteiger partial charge in [0.1, 0.15) is 5.82 Å². The largest absolute Gasteiger partial charge is 0.326 e. The lowest BCUT2D eigenvalue weighted by molar-refractivity contribution is -0.116. The molecule has 25 heavy (non-hydrogen) atoms. The van der Waals surface area contributed by atoms with E-state index in [0.29, 0.717) is 5.69 Å². The Morgan fingerprint density at radius 2 is 1.84 bits per heavy atom. The molecular weight excluding hydrogens is 370 g/mol. The van der Waals surface area contributed by atoms with Crippen molar-refractivity contribution in [1.82, 2.24) is 4.90 Å². The van der Waals surface area contributed by atoms with E-state index in [-0.39, 0.29) is 34.1 Å². The maximum atomic E-state index is 13.1. The summed E-state index contributed by atoms with van der Waals surface area (Å²) in [6.07, 6.45) is -0.113. The fraction of sp³-hybridized carbons (Fsp3) is 0.118. The van der Waals surface area contributed by atoms with Crippen molar-refractivity contribution in [3.8, 4) is 0 Å². The number of anilines is 1. The van der Waals surface area contributed by atoms with Crippen molar-refractivity contribution in [2.75, 3.05) is 11.9 Å². The maximum absolute atomic E-state index is 13.1. The fourth-order valence-corrected chi connectivity index (χ4v) is 2.94. The number of nitrogens with one attached hydrogen (secondary N) is 1. The minimum absolute atomic E-state index is 0.0938. The van der Waals surface area contributed by atoms with Crippen LogP contribution in [0.1, 0.15) is 27.1 Å². The van der Waals surface area contributed by atoms with Gasteiger partial charge in [0.25, 0.3) is 11.8 Å². The second kappa shape index (κ2) is 6.82. The molecule has 0 fully saturated rings. The lowest BCUT2D eigenvalue weighted by atomic mass is 10.1. The molecule has 128 valence electrons. The predicted octanol–water partition coefficient (Wildman–Crippen LogP) is 3.76. The van der Waals surface area contributed by atoms with Crippen molar-refractivity contribution in [1.29, 1.82) is 0 Å². The molecule has 0 atom stereocenters. The first-order valence-electron chi connectivity index (χ1n) is 7.28. The molecule has 1 aliphatic rings. The molecule has 0 saturated heterocycles. The van der Waals surface area contributed by atoms with Crippen LogP contribution in [0.15, 0.2) is 36.4 Å². The summed E-state index contributed by atoms with van der Waals surface area (Å²) in [5.41, 5.74) is 0.699. The number of fused-ring (bicyclic) bond motifs is 1. The molecule has 0 aliphatic carbocycles. The van der Waals surface area contributed by atoms with Gasteiger partial charge in [-0.3, -0.25) is 19.3 Å². The van der Waals surface area contributed by atoms with Crippen LogP contribution in [0.5, 0.6) is 0 Å². The monoisotopic (exact) mass is 380 g/mol. The third-order valence-electron chi connectivity index (χ3n) is 3.71. The molecule has 0 spiro atoms. The Balaban J connectivity index is 1.65. The Kier molecular flexibility index (Phi) is 4.74. The molecule has 5 nitrogen and oxygen atoms in total. The molecule has 2 aromatic carbocycles. The minimum Gasteiger partial charge on any atom is -0.326 e. The molecule has 0 radical (unpaired) electrons. The van der Waals surface area contributed by atoms with E-state index in [9.17, 15) is 18.8 Å². The van der Waals surface area contributed by atoms with Crippen molar-refractivity contribution < 1.29 is 18.8 Å². The standard InChI is InChI=1S/C17H11Cl2FN2O3/c18-11-3-1-2-10-15(11)17(25)22(16(10)24)7-6-14(23)21-9-4-5-13(20)12(19)8-9/h1-5,8H,6-7H2,(H,21,23). The van der Waals surface area contributed by atoms with Crippen LogP contribution in [0.2, 0.25) is 10.0 Å². The minimum atomic E-state index is -0.595. The lowest BCUT2D eigenvalue weighted by Gasteiger charge is -2.13. The molecule has 1 heterocycles. The van der Waals surface area contributed by atoms with E-state index >= 15 is 0 Å². The van der Waals surface area contributed by atoms with Gasteiger partial charge < -0.3 is 5.32 Å². The highest BCUT2D eigenvalue weighted by molar-refractivity contribution is 6.37. The summed E-state index contributed by atoms with van der Waals surface area (Å²) in [6, 6.07) is 8.39. The van der Waals surface area contributed by atoms with Crippen LogP contribution in [0.3, 0.4) is 0 Å². The lowest BCUT2D eigenvalue weighted by Crippen LogP contribution is -2.32. The van der Waals surface area contributed by atoms with Gasteiger partial charge in [0, 0.05) is 18.7 Å². The fourth-order valence-electron chi connectivity index (χ4n) is 2.51. The number of halogens is 3. The second-order valence-electron chi connectivity index (χ2n) is 5.35. The quantitative estimate of drug-likeness (QED) is 0.821. The van der Waals surface area contributed by atoms with E-state index in [4.69, 9.17) is 23.2 Å². The van der Waals surface area contributed by atoms with E-state index in [2.05, 4.69) is 5.32 Å². The summed E-state index contributed by atoms with van der Waals surface area (Å²) in [5, 5.41) is 2.61. The van der Waals surface area contributed by atoms with Crippen LogP contribution in [0.4, 0.5) is 10.1 Å². The van der Waals surface area contributed by atoms with Crippen LogP contribution in [-0.4, -0.2) is 29.2 Å². The number of amides is 3. The van der Waals surface area contributed by atoms with E-state index < -0.39 is 23.5 Å². The SMILES string of the molecule is O=C(CCN1C(=O)c2cccc(Cl)c2C1=O)Nc1ccc(F)c(Cl)c1. The maximum Gasteiger partial charge on any atom is 0.263 e. The average molecular weight is 381 g/mol. The zero-order valence-electron chi connectivity index (χ0n) is 12.7. The van der Waals surface area contributed by atoms with Crippen LogP contribution in [0.25, 0.3) is 0 Å². The zero-order chi connectivity index (χ0) is 18.1. The number of hydrogen-bond acceptors (Lipinski definition) is 3. The molecule has 1 N–H and O–H groups in total. The van der Waals surface area contributed by atoms with Gasteiger partial charge in [-0.1, -0.05) is 29.3 Å². The van der Waals surface area contributed by atoms with Crippen molar-refractivity contribution in [3.05, 3.63) is 63.4 Å². The summed E-state index contributed by atoms with van der Waals surface area (Å²) in [5.74, 6) is -2.05. The van der Waals surface area contributed by atoms with Gasteiger partial charge in [0.2, 0.25) is 5.91 Å². The average Bonchev–Trinajstić information content (AvgIpc) is 2.81. The van der Waals surface area contributed by atoms with E-state index in [1.165, 1.54) is 24.3 Å². The number of rotatable bonds is 4. The van der Waals surface area contributed by atoms with Gasteiger partial charge in [0.15, 0.2) is 0 Å². The second-order valence-corrected chi connectivity index (χ2v) is 6.17. The van der Waals surface area contributed by atoms with E-state index in [0.717, 1.165) is 11.0 Å². The molecule has 0 saturated carbocycles. The first kappa shape index (κ1) is 17.4.